The van der Waals surface area contributed by atoms with Gasteiger partial charge in [-0.2, -0.15) is 0 Å². The molecule has 2 rings (SSSR count). The third-order valence-electron chi connectivity index (χ3n) is 3.81. The number of halogens is 1. The molecule has 4 N–H and O–H groups in total. The summed E-state index contributed by atoms with van der Waals surface area (Å²) < 4.78 is 19.0. The molecule has 1 heterocycles. The monoisotopic (exact) mass is 323 g/mol. The fourth-order valence-corrected chi connectivity index (χ4v) is 2.37. The first-order valence-electron chi connectivity index (χ1n) is 7.64. The molecule has 1 aromatic carbocycles. The first-order chi connectivity index (χ1) is 10.9. The van der Waals surface area contributed by atoms with Gasteiger partial charge in [-0.05, 0) is 12.0 Å². The Morgan fingerprint density at radius 3 is 2.87 bits per heavy atom. The molecule has 0 radical (unpaired) electrons. The van der Waals surface area contributed by atoms with Gasteiger partial charge >= 0.3 is 0 Å². The van der Waals surface area contributed by atoms with Crippen molar-refractivity contribution < 1.29 is 18.7 Å². The van der Waals surface area contributed by atoms with Crippen molar-refractivity contribution in [2.24, 2.45) is 11.7 Å². The highest BCUT2D eigenvalue weighted by molar-refractivity contribution is 5.87. The molecule has 126 valence electrons. The summed E-state index contributed by atoms with van der Waals surface area (Å²) in [6.45, 7) is 3.82. The second-order valence-electron chi connectivity index (χ2n) is 5.90. The first kappa shape index (κ1) is 17.2. The summed E-state index contributed by atoms with van der Waals surface area (Å²) in [5.74, 6) is -0.999. The van der Waals surface area contributed by atoms with Crippen LogP contribution in [-0.2, 0) is 9.59 Å². The van der Waals surface area contributed by atoms with Gasteiger partial charge in [-0.1, -0.05) is 26.0 Å². The first-order valence-corrected chi connectivity index (χ1v) is 7.64. The zero-order valence-corrected chi connectivity index (χ0v) is 13.3. The van der Waals surface area contributed by atoms with Crippen LogP contribution in [0, 0.1) is 11.7 Å². The lowest BCUT2D eigenvalue weighted by Gasteiger charge is -2.27. The van der Waals surface area contributed by atoms with E-state index in [0.717, 1.165) is 0 Å². The van der Waals surface area contributed by atoms with Crippen LogP contribution in [0.4, 0.5) is 4.39 Å². The Morgan fingerprint density at radius 2 is 2.17 bits per heavy atom. The summed E-state index contributed by atoms with van der Waals surface area (Å²) in [5, 5.41) is 5.29. The maximum absolute atomic E-state index is 13.7. The van der Waals surface area contributed by atoms with Gasteiger partial charge in [0.1, 0.15) is 0 Å². The molecule has 1 aliphatic heterocycles. The summed E-state index contributed by atoms with van der Waals surface area (Å²) in [4.78, 5) is 23.7. The number of benzene rings is 1. The molecule has 7 heteroatoms. The molecular formula is C16H22FN3O3. The summed E-state index contributed by atoms with van der Waals surface area (Å²) in [7, 11) is 0. The van der Waals surface area contributed by atoms with E-state index in [4.69, 9.17) is 10.5 Å². The van der Waals surface area contributed by atoms with Gasteiger partial charge in [-0.3, -0.25) is 9.59 Å². The lowest BCUT2D eigenvalue weighted by Crippen LogP contribution is -2.47. The van der Waals surface area contributed by atoms with Gasteiger partial charge in [0.05, 0.1) is 25.2 Å². The minimum absolute atomic E-state index is 0.0107. The summed E-state index contributed by atoms with van der Waals surface area (Å²) in [6.07, 6.45) is 0.543. The Kier molecular flexibility index (Phi) is 5.54. The Hall–Kier alpha value is -2.15. The van der Waals surface area contributed by atoms with Crippen LogP contribution >= 0.6 is 0 Å². The fourth-order valence-electron chi connectivity index (χ4n) is 2.37. The number of rotatable bonds is 5. The van der Waals surface area contributed by atoms with Crippen LogP contribution in [0.2, 0.25) is 0 Å². The normalized spacial score (nSPS) is 17.9. The van der Waals surface area contributed by atoms with E-state index in [9.17, 15) is 14.0 Å². The minimum atomic E-state index is -0.652. The van der Waals surface area contributed by atoms with Gasteiger partial charge in [-0.25, -0.2) is 4.39 Å². The zero-order valence-electron chi connectivity index (χ0n) is 13.3. The van der Waals surface area contributed by atoms with Crippen LogP contribution in [-0.4, -0.2) is 31.0 Å². The van der Waals surface area contributed by atoms with Gasteiger partial charge in [0.15, 0.2) is 11.6 Å². The average molecular weight is 323 g/mol. The zero-order chi connectivity index (χ0) is 17.0. The van der Waals surface area contributed by atoms with Crippen molar-refractivity contribution in [3.05, 3.63) is 29.6 Å². The lowest BCUT2D eigenvalue weighted by atomic mass is 10.0. The number of ether oxygens (including phenoxy) is 1. The lowest BCUT2D eigenvalue weighted by molar-refractivity contribution is -0.127. The molecule has 0 saturated carbocycles. The molecule has 0 aliphatic carbocycles. The molecule has 0 saturated heterocycles. The standard InChI is InChI=1S/C16H22FN3O3/c1-9(2)14(18)16(22)19-8-13(21)20-12-6-7-23-15-10(12)4-3-5-11(15)17/h3-5,9,12,14H,6-8,18H2,1-2H3,(H,19,22)(H,20,21)/t12-,14+/m1/s1. The van der Waals surface area contributed by atoms with Crippen LogP contribution in [0.15, 0.2) is 18.2 Å². The third kappa shape index (κ3) is 4.19. The van der Waals surface area contributed by atoms with E-state index in [1.54, 1.807) is 12.1 Å². The van der Waals surface area contributed by atoms with Crippen molar-refractivity contribution in [3.63, 3.8) is 0 Å². The van der Waals surface area contributed by atoms with Crippen molar-refractivity contribution in [2.45, 2.75) is 32.4 Å². The molecule has 2 amide bonds. The van der Waals surface area contributed by atoms with Crippen LogP contribution < -0.4 is 21.1 Å². The van der Waals surface area contributed by atoms with Crippen LogP contribution in [0.25, 0.3) is 0 Å². The SMILES string of the molecule is CC(C)[C@H](N)C(=O)NCC(=O)N[C@@H]1CCOc2c(F)cccc21. The van der Waals surface area contributed by atoms with E-state index in [1.807, 2.05) is 13.8 Å². The molecule has 6 nitrogen and oxygen atoms in total. The number of para-hydroxylation sites is 1. The van der Waals surface area contributed by atoms with Gasteiger partial charge in [0.2, 0.25) is 11.8 Å². The van der Waals surface area contributed by atoms with Crippen molar-refractivity contribution in [1.82, 2.24) is 10.6 Å². The largest absolute Gasteiger partial charge is 0.490 e. The molecule has 0 fully saturated rings. The van der Waals surface area contributed by atoms with Gasteiger partial charge in [-0.15, -0.1) is 0 Å². The number of nitrogens with one attached hydrogen (secondary N) is 2. The summed E-state index contributed by atoms with van der Waals surface area (Å²) >= 11 is 0. The molecule has 1 aliphatic rings. The predicted octanol–water partition coefficient (Wildman–Crippen LogP) is 0.865. The maximum Gasteiger partial charge on any atom is 0.239 e. The number of hydrogen-bond donors (Lipinski definition) is 3. The molecular weight excluding hydrogens is 301 g/mol. The van der Waals surface area contributed by atoms with E-state index in [0.29, 0.717) is 18.6 Å². The van der Waals surface area contributed by atoms with Gasteiger partial charge in [0.25, 0.3) is 0 Å². The Balaban J connectivity index is 1.92. The number of nitrogens with two attached hydrogens (primary N) is 1. The van der Waals surface area contributed by atoms with E-state index >= 15 is 0 Å². The Morgan fingerprint density at radius 1 is 1.43 bits per heavy atom. The highest BCUT2D eigenvalue weighted by Gasteiger charge is 2.25. The molecule has 23 heavy (non-hydrogen) atoms. The second-order valence-corrected chi connectivity index (χ2v) is 5.90. The van der Waals surface area contributed by atoms with E-state index in [2.05, 4.69) is 10.6 Å². The molecule has 0 spiro atoms. The minimum Gasteiger partial charge on any atom is -0.490 e. The quantitative estimate of drug-likeness (QED) is 0.749. The second kappa shape index (κ2) is 7.41. The summed E-state index contributed by atoms with van der Waals surface area (Å²) in [5.41, 5.74) is 6.31. The maximum atomic E-state index is 13.7. The molecule has 0 bridgehead atoms. The number of fused-ring (bicyclic) bond motifs is 1. The smallest absolute Gasteiger partial charge is 0.239 e. The van der Waals surface area contributed by atoms with E-state index in [-0.39, 0.29) is 36.1 Å². The molecule has 0 unspecified atom stereocenters. The third-order valence-corrected chi connectivity index (χ3v) is 3.81. The Labute approximate surface area is 134 Å². The highest BCUT2D eigenvalue weighted by atomic mass is 19.1. The van der Waals surface area contributed by atoms with Crippen LogP contribution in [0.5, 0.6) is 5.75 Å². The van der Waals surface area contributed by atoms with E-state index in [1.165, 1.54) is 6.07 Å². The van der Waals surface area contributed by atoms with Gasteiger partial charge < -0.3 is 21.1 Å². The predicted molar refractivity (Wildman–Crippen MR) is 83.2 cm³/mol. The topological polar surface area (TPSA) is 93.5 Å². The van der Waals surface area contributed by atoms with E-state index < -0.39 is 11.9 Å². The van der Waals surface area contributed by atoms with Crippen molar-refractivity contribution >= 4 is 11.8 Å². The number of carbonyl (C=O) groups is 2. The number of hydrogen-bond acceptors (Lipinski definition) is 4. The van der Waals surface area contributed by atoms with Crippen LogP contribution in [0.3, 0.4) is 0 Å². The number of carbonyl (C=O) groups excluding carboxylic acids is 2. The molecule has 1 aromatic rings. The number of amides is 2. The summed E-state index contributed by atoms with van der Waals surface area (Å²) in [6, 6.07) is 3.62. The van der Waals surface area contributed by atoms with Gasteiger partial charge in [0, 0.05) is 12.0 Å². The molecule has 2 atom stereocenters. The molecule has 0 aromatic heterocycles. The van der Waals surface area contributed by atoms with Crippen LogP contribution in [0.1, 0.15) is 31.9 Å². The van der Waals surface area contributed by atoms with Crippen molar-refractivity contribution in [1.29, 1.82) is 0 Å². The Bertz CT molecular complexity index is 592. The average Bonchev–Trinajstić information content (AvgIpc) is 2.52. The van der Waals surface area contributed by atoms with Crippen molar-refractivity contribution in [3.8, 4) is 5.75 Å². The van der Waals surface area contributed by atoms with Crippen molar-refractivity contribution in [2.75, 3.05) is 13.2 Å². The fraction of sp³-hybridized carbons (Fsp3) is 0.500. The highest BCUT2D eigenvalue weighted by Crippen LogP contribution is 2.33.